The Labute approximate surface area is 135 Å². The SMILES string of the molecule is CCCNC(=O)CCNC(=NC)N1CCC(C(CC)CC)C1. The molecule has 1 saturated heterocycles. The summed E-state index contributed by atoms with van der Waals surface area (Å²) in [5, 5.41) is 6.23. The Hall–Kier alpha value is -1.26. The van der Waals surface area contributed by atoms with E-state index in [4.69, 9.17) is 0 Å². The van der Waals surface area contributed by atoms with Crippen LogP contribution in [0.25, 0.3) is 0 Å². The van der Waals surface area contributed by atoms with Crippen molar-refractivity contribution in [2.24, 2.45) is 16.8 Å². The first-order chi connectivity index (χ1) is 10.7. The molecule has 1 rings (SSSR count). The molecule has 0 aromatic rings. The number of guanidine groups is 1. The van der Waals surface area contributed by atoms with Gasteiger partial charge in [-0.15, -0.1) is 0 Å². The molecule has 1 amide bonds. The van der Waals surface area contributed by atoms with Crippen LogP contribution >= 0.6 is 0 Å². The maximum atomic E-state index is 11.6. The van der Waals surface area contributed by atoms with Crippen LogP contribution < -0.4 is 10.6 Å². The minimum Gasteiger partial charge on any atom is -0.356 e. The van der Waals surface area contributed by atoms with Gasteiger partial charge in [0.15, 0.2) is 5.96 Å². The van der Waals surface area contributed by atoms with Gasteiger partial charge < -0.3 is 15.5 Å². The monoisotopic (exact) mass is 310 g/mol. The molecular weight excluding hydrogens is 276 g/mol. The topological polar surface area (TPSA) is 56.7 Å². The van der Waals surface area contributed by atoms with Crippen LogP contribution in [-0.2, 0) is 4.79 Å². The lowest BCUT2D eigenvalue weighted by Crippen LogP contribution is -2.41. The highest BCUT2D eigenvalue weighted by Crippen LogP contribution is 2.28. The molecule has 22 heavy (non-hydrogen) atoms. The van der Waals surface area contributed by atoms with E-state index in [1.54, 1.807) is 0 Å². The number of carbonyl (C=O) groups is 1. The smallest absolute Gasteiger partial charge is 0.221 e. The van der Waals surface area contributed by atoms with Crippen molar-refractivity contribution in [2.45, 2.75) is 52.9 Å². The summed E-state index contributed by atoms with van der Waals surface area (Å²) in [6, 6.07) is 0. The van der Waals surface area contributed by atoms with Gasteiger partial charge in [-0.25, -0.2) is 0 Å². The number of amides is 1. The van der Waals surface area contributed by atoms with Crippen LogP contribution in [0.2, 0.25) is 0 Å². The van der Waals surface area contributed by atoms with Gasteiger partial charge in [0, 0.05) is 39.6 Å². The van der Waals surface area contributed by atoms with Crippen LogP contribution in [0, 0.1) is 11.8 Å². The van der Waals surface area contributed by atoms with Crippen molar-refractivity contribution in [3.63, 3.8) is 0 Å². The number of aliphatic imine (C=N–C) groups is 1. The molecule has 5 nitrogen and oxygen atoms in total. The van der Waals surface area contributed by atoms with Gasteiger partial charge in [-0.05, 0) is 24.7 Å². The molecular formula is C17H34N4O. The molecule has 0 aromatic heterocycles. The number of hydrogen-bond donors (Lipinski definition) is 2. The van der Waals surface area contributed by atoms with Gasteiger partial charge in [-0.1, -0.05) is 33.6 Å². The van der Waals surface area contributed by atoms with Crippen LogP contribution in [-0.4, -0.2) is 50.0 Å². The molecule has 1 aliphatic rings. The van der Waals surface area contributed by atoms with E-state index in [-0.39, 0.29) is 5.91 Å². The average molecular weight is 310 g/mol. The molecule has 1 unspecified atom stereocenters. The van der Waals surface area contributed by atoms with Crippen LogP contribution in [0.4, 0.5) is 0 Å². The lowest BCUT2D eigenvalue weighted by Gasteiger charge is -2.24. The van der Waals surface area contributed by atoms with Gasteiger partial charge >= 0.3 is 0 Å². The zero-order chi connectivity index (χ0) is 16.4. The molecule has 2 N–H and O–H groups in total. The highest BCUT2D eigenvalue weighted by atomic mass is 16.1. The first-order valence-electron chi connectivity index (χ1n) is 8.88. The highest BCUT2D eigenvalue weighted by Gasteiger charge is 2.29. The van der Waals surface area contributed by atoms with Crippen LogP contribution in [0.3, 0.4) is 0 Å². The number of nitrogens with one attached hydrogen (secondary N) is 2. The Morgan fingerprint density at radius 2 is 1.95 bits per heavy atom. The van der Waals surface area contributed by atoms with Crippen molar-refractivity contribution in [2.75, 3.05) is 33.2 Å². The first kappa shape index (κ1) is 18.8. The summed E-state index contributed by atoms with van der Waals surface area (Å²) >= 11 is 0. The fourth-order valence-electron chi connectivity index (χ4n) is 3.29. The molecule has 5 heteroatoms. The predicted octanol–water partition coefficient (Wildman–Crippen LogP) is 2.24. The van der Waals surface area contributed by atoms with Gasteiger partial charge in [-0.2, -0.15) is 0 Å². The number of rotatable bonds is 8. The molecule has 128 valence electrons. The Balaban J connectivity index is 2.35. The van der Waals surface area contributed by atoms with Crippen LogP contribution in [0.1, 0.15) is 52.9 Å². The molecule has 0 radical (unpaired) electrons. The standard InChI is InChI=1S/C17H34N4O/c1-5-10-19-16(22)8-11-20-17(18-4)21-12-9-15(13-21)14(6-2)7-3/h14-15H,5-13H2,1-4H3,(H,18,20)(H,19,22). The molecule has 0 aliphatic carbocycles. The fraction of sp³-hybridized carbons (Fsp3) is 0.882. The van der Waals surface area contributed by atoms with Gasteiger partial charge in [-0.3, -0.25) is 9.79 Å². The van der Waals surface area contributed by atoms with E-state index in [0.29, 0.717) is 13.0 Å². The van der Waals surface area contributed by atoms with Crippen molar-refractivity contribution >= 4 is 11.9 Å². The number of hydrogen-bond acceptors (Lipinski definition) is 2. The van der Waals surface area contributed by atoms with Crippen molar-refractivity contribution in [1.29, 1.82) is 0 Å². The second-order valence-corrected chi connectivity index (χ2v) is 6.15. The second kappa shape index (κ2) is 10.5. The predicted molar refractivity (Wildman–Crippen MR) is 93.0 cm³/mol. The molecule has 0 bridgehead atoms. The average Bonchev–Trinajstić information content (AvgIpc) is 3.00. The molecule has 0 saturated carbocycles. The minimum atomic E-state index is 0.112. The Morgan fingerprint density at radius 3 is 2.55 bits per heavy atom. The van der Waals surface area contributed by atoms with Gasteiger partial charge in [0.2, 0.25) is 5.91 Å². The van der Waals surface area contributed by atoms with E-state index in [1.807, 2.05) is 7.05 Å². The van der Waals surface area contributed by atoms with Gasteiger partial charge in [0.05, 0.1) is 0 Å². The molecule has 1 fully saturated rings. The summed E-state index contributed by atoms with van der Waals surface area (Å²) in [7, 11) is 1.82. The quantitative estimate of drug-likeness (QED) is 0.534. The maximum absolute atomic E-state index is 11.6. The van der Waals surface area contributed by atoms with E-state index in [1.165, 1.54) is 19.3 Å². The zero-order valence-corrected chi connectivity index (χ0v) is 14.8. The molecule has 1 aliphatic heterocycles. The van der Waals surface area contributed by atoms with E-state index < -0.39 is 0 Å². The number of likely N-dealkylation sites (tertiary alicyclic amines) is 1. The molecule has 0 spiro atoms. The Bertz CT molecular complexity index is 353. The molecule has 1 heterocycles. The molecule has 0 aromatic carbocycles. The fourth-order valence-corrected chi connectivity index (χ4v) is 3.29. The lowest BCUT2D eigenvalue weighted by atomic mass is 9.87. The maximum Gasteiger partial charge on any atom is 0.221 e. The largest absolute Gasteiger partial charge is 0.356 e. The number of nitrogens with zero attached hydrogens (tertiary/aromatic N) is 2. The summed E-state index contributed by atoms with van der Waals surface area (Å²) in [6.07, 6.45) is 5.26. The van der Waals surface area contributed by atoms with E-state index in [2.05, 4.69) is 41.3 Å². The molecule has 1 atom stereocenters. The van der Waals surface area contributed by atoms with Crippen molar-refractivity contribution in [1.82, 2.24) is 15.5 Å². The Morgan fingerprint density at radius 1 is 1.23 bits per heavy atom. The van der Waals surface area contributed by atoms with Crippen LogP contribution in [0.15, 0.2) is 4.99 Å². The van der Waals surface area contributed by atoms with E-state index in [0.717, 1.165) is 43.9 Å². The van der Waals surface area contributed by atoms with Gasteiger partial charge in [0.1, 0.15) is 0 Å². The van der Waals surface area contributed by atoms with Crippen molar-refractivity contribution in [3.8, 4) is 0 Å². The van der Waals surface area contributed by atoms with Crippen molar-refractivity contribution in [3.05, 3.63) is 0 Å². The van der Waals surface area contributed by atoms with Crippen LogP contribution in [0.5, 0.6) is 0 Å². The highest BCUT2D eigenvalue weighted by molar-refractivity contribution is 5.81. The normalized spacial score (nSPS) is 18.9. The summed E-state index contributed by atoms with van der Waals surface area (Å²) < 4.78 is 0. The van der Waals surface area contributed by atoms with E-state index in [9.17, 15) is 4.79 Å². The lowest BCUT2D eigenvalue weighted by molar-refractivity contribution is -0.120. The summed E-state index contributed by atoms with van der Waals surface area (Å²) in [4.78, 5) is 18.3. The van der Waals surface area contributed by atoms with Gasteiger partial charge in [0.25, 0.3) is 0 Å². The summed E-state index contributed by atoms with van der Waals surface area (Å²) in [5.74, 6) is 2.65. The summed E-state index contributed by atoms with van der Waals surface area (Å²) in [5.41, 5.74) is 0. The summed E-state index contributed by atoms with van der Waals surface area (Å²) in [6.45, 7) is 10.2. The Kier molecular flexibility index (Phi) is 8.94. The third-order valence-corrected chi connectivity index (χ3v) is 4.66. The third kappa shape index (κ3) is 5.85. The van der Waals surface area contributed by atoms with Crippen molar-refractivity contribution < 1.29 is 4.79 Å². The minimum absolute atomic E-state index is 0.112. The van der Waals surface area contributed by atoms with E-state index >= 15 is 0 Å². The third-order valence-electron chi connectivity index (χ3n) is 4.66. The number of carbonyl (C=O) groups excluding carboxylic acids is 1. The first-order valence-corrected chi connectivity index (χ1v) is 8.88. The zero-order valence-electron chi connectivity index (χ0n) is 14.8. The second-order valence-electron chi connectivity index (χ2n) is 6.15.